The molecule has 100 valence electrons. The Hall–Kier alpha value is -1.02. The molecule has 1 aromatic rings. The number of hydrogen-bond acceptors (Lipinski definition) is 2. The Kier molecular flexibility index (Phi) is 4.65. The quantitative estimate of drug-likeness (QED) is 0.816. The molecule has 0 aromatic heterocycles. The van der Waals surface area contributed by atoms with Gasteiger partial charge in [-0.1, -0.05) is 30.5 Å². The topological polar surface area (TPSA) is 35.2 Å². The third kappa shape index (κ3) is 3.49. The number of aryl methyl sites for hydroxylation is 1. The Morgan fingerprint density at radius 3 is 2.44 bits per heavy atom. The van der Waals surface area contributed by atoms with Gasteiger partial charge in [0.05, 0.1) is 6.10 Å². The summed E-state index contributed by atoms with van der Waals surface area (Å²) in [7, 11) is 0. The lowest BCUT2D eigenvalue weighted by atomic mass is 10.0. The van der Waals surface area contributed by atoms with E-state index in [0.29, 0.717) is 6.10 Å². The minimum atomic E-state index is 0.0330. The first-order chi connectivity index (χ1) is 8.66. The van der Waals surface area contributed by atoms with Crippen molar-refractivity contribution >= 4 is 0 Å². The highest BCUT2D eigenvalue weighted by atomic mass is 16.5. The summed E-state index contributed by atoms with van der Waals surface area (Å²) in [4.78, 5) is 0. The fraction of sp³-hybridized carbons (Fsp3) is 0.625. The summed E-state index contributed by atoms with van der Waals surface area (Å²) in [6.07, 6.45) is 8.06. The molecule has 1 aromatic carbocycles. The van der Waals surface area contributed by atoms with Gasteiger partial charge < -0.3 is 10.5 Å². The molecule has 0 spiro atoms. The highest BCUT2D eigenvalue weighted by Crippen LogP contribution is 2.29. The molecule has 18 heavy (non-hydrogen) atoms. The van der Waals surface area contributed by atoms with E-state index in [2.05, 4.69) is 25.1 Å². The molecule has 0 unspecified atom stereocenters. The minimum Gasteiger partial charge on any atom is -0.490 e. The zero-order valence-electron chi connectivity index (χ0n) is 11.6. The van der Waals surface area contributed by atoms with Gasteiger partial charge in [0.1, 0.15) is 5.75 Å². The van der Waals surface area contributed by atoms with Crippen LogP contribution in [0, 0.1) is 6.92 Å². The van der Waals surface area contributed by atoms with Gasteiger partial charge in [0.25, 0.3) is 0 Å². The van der Waals surface area contributed by atoms with Crippen LogP contribution in [0.4, 0.5) is 0 Å². The number of nitrogens with two attached hydrogens (primary N) is 1. The zero-order chi connectivity index (χ0) is 13.0. The van der Waals surface area contributed by atoms with Gasteiger partial charge in [-0.05, 0) is 45.6 Å². The van der Waals surface area contributed by atoms with Crippen molar-refractivity contribution in [2.45, 2.75) is 64.5 Å². The number of ether oxygens (including phenoxy) is 1. The molecule has 2 N–H and O–H groups in total. The van der Waals surface area contributed by atoms with Crippen molar-refractivity contribution in [3.05, 3.63) is 29.3 Å². The van der Waals surface area contributed by atoms with Crippen molar-refractivity contribution in [1.82, 2.24) is 0 Å². The molecular formula is C16H25NO. The average Bonchev–Trinajstić information content (AvgIpc) is 2.60. The highest BCUT2D eigenvalue weighted by Gasteiger charge is 2.16. The van der Waals surface area contributed by atoms with E-state index in [9.17, 15) is 0 Å². The highest BCUT2D eigenvalue weighted by molar-refractivity contribution is 5.38. The van der Waals surface area contributed by atoms with Crippen LogP contribution in [0.3, 0.4) is 0 Å². The Morgan fingerprint density at radius 1 is 1.17 bits per heavy atom. The van der Waals surface area contributed by atoms with Crippen molar-refractivity contribution in [2.24, 2.45) is 5.73 Å². The lowest BCUT2D eigenvalue weighted by Crippen LogP contribution is -2.17. The monoisotopic (exact) mass is 247 g/mol. The predicted octanol–water partition coefficient (Wildman–Crippen LogP) is 4.12. The van der Waals surface area contributed by atoms with Crippen LogP contribution in [0.25, 0.3) is 0 Å². The van der Waals surface area contributed by atoms with Crippen LogP contribution < -0.4 is 10.5 Å². The van der Waals surface area contributed by atoms with Crippen LogP contribution in [0.5, 0.6) is 5.75 Å². The first kappa shape index (κ1) is 13.4. The smallest absolute Gasteiger partial charge is 0.124 e. The average molecular weight is 247 g/mol. The maximum atomic E-state index is 6.20. The van der Waals surface area contributed by atoms with Crippen LogP contribution >= 0.6 is 0 Å². The maximum absolute atomic E-state index is 6.20. The van der Waals surface area contributed by atoms with Gasteiger partial charge in [-0.3, -0.25) is 0 Å². The van der Waals surface area contributed by atoms with Crippen molar-refractivity contribution in [2.75, 3.05) is 0 Å². The molecule has 2 rings (SSSR count). The van der Waals surface area contributed by atoms with E-state index in [1.807, 2.05) is 6.92 Å². The van der Waals surface area contributed by atoms with Crippen molar-refractivity contribution < 1.29 is 4.74 Å². The molecule has 1 atom stereocenters. The molecule has 0 saturated heterocycles. The molecule has 2 nitrogen and oxygen atoms in total. The standard InChI is InChI=1S/C16H25NO/c1-12-9-10-16(15(11-12)13(2)17)18-14-7-5-3-4-6-8-14/h9-11,13-14H,3-8,17H2,1-2H3/t13-/m0/s1. The van der Waals surface area contributed by atoms with Gasteiger partial charge in [-0.15, -0.1) is 0 Å². The van der Waals surface area contributed by atoms with E-state index in [0.717, 1.165) is 11.3 Å². The second-order valence-corrected chi connectivity index (χ2v) is 5.56. The third-order valence-corrected chi connectivity index (χ3v) is 3.75. The predicted molar refractivity (Wildman–Crippen MR) is 75.9 cm³/mol. The first-order valence-electron chi connectivity index (χ1n) is 7.19. The molecule has 1 aliphatic carbocycles. The van der Waals surface area contributed by atoms with E-state index in [4.69, 9.17) is 10.5 Å². The summed E-state index contributed by atoms with van der Waals surface area (Å²) < 4.78 is 6.20. The van der Waals surface area contributed by atoms with Gasteiger partial charge in [-0.25, -0.2) is 0 Å². The first-order valence-corrected chi connectivity index (χ1v) is 7.19. The Labute approximate surface area is 111 Å². The molecular weight excluding hydrogens is 222 g/mol. The third-order valence-electron chi connectivity index (χ3n) is 3.75. The van der Waals surface area contributed by atoms with Crippen LogP contribution in [0.15, 0.2) is 18.2 Å². The summed E-state index contributed by atoms with van der Waals surface area (Å²) >= 11 is 0. The fourth-order valence-electron chi connectivity index (χ4n) is 2.67. The van der Waals surface area contributed by atoms with E-state index in [1.54, 1.807) is 0 Å². The summed E-state index contributed by atoms with van der Waals surface area (Å²) in [6.45, 7) is 4.12. The molecule has 0 radical (unpaired) electrons. The number of hydrogen-bond donors (Lipinski definition) is 1. The van der Waals surface area contributed by atoms with Crippen LogP contribution in [-0.4, -0.2) is 6.10 Å². The Morgan fingerprint density at radius 2 is 1.83 bits per heavy atom. The summed E-state index contributed by atoms with van der Waals surface area (Å²) in [6, 6.07) is 6.37. The number of rotatable bonds is 3. The lowest BCUT2D eigenvalue weighted by Gasteiger charge is -2.21. The molecule has 0 bridgehead atoms. The van der Waals surface area contributed by atoms with E-state index in [-0.39, 0.29) is 6.04 Å². The van der Waals surface area contributed by atoms with Crippen LogP contribution in [0.1, 0.15) is 62.6 Å². The molecule has 1 aliphatic rings. The minimum absolute atomic E-state index is 0.0330. The molecule has 2 heteroatoms. The van der Waals surface area contributed by atoms with Gasteiger partial charge in [-0.2, -0.15) is 0 Å². The molecule has 1 saturated carbocycles. The second kappa shape index (κ2) is 6.24. The lowest BCUT2D eigenvalue weighted by molar-refractivity contribution is 0.181. The molecule has 0 heterocycles. The molecule has 0 aliphatic heterocycles. The van der Waals surface area contributed by atoms with Crippen LogP contribution in [-0.2, 0) is 0 Å². The van der Waals surface area contributed by atoms with Gasteiger partial charge in [0.2, 0.25) is 0 Å². The summed E-state index contributed by atoms with van der Waals surface area (Å²) in [5.74, 6) is 0.988. The maximum Gasteiger partial charge on any atom is 0.124 e. The molecule has 0 amide bonds. The van der Waals surface area contributed by atoms with E-state index >= 15 is 0 Å². The normalized spacial score (nSPS) is 19.3. The Bertz CT molecular complexity index is 379. The number of benzene rings is 1. The zero-order valence-corrected chi connectivity index (χ0v) is 11.6. The SMILES string of the molecule is Cc1ccc(OC2CCCCCC2)c([C@H](C)N)c1. The van der Waals surface area contributed by atoms with Gasteiger partial charge in [0.15, 0.2) is 0 Å². The van der Waals surface area contributed by atoms with E-state index in [1.165, 1.54) is 44.1 Å². The molecule has 1 fully saturated rings. The largest absolute Gasteiger partial charge is 0.490 e. The van der Waals surface area contributed by atoms with Gasteiger partial charge >= 0.3 is 0 Å². The van der Waals surface area contributed by atoms with E-state index < -0.39 is 0 Å². The summed E-state index contributed by atoms with van der Waals surface area (Å²) in [5, 5.41) is 0. The Balaban J connectivity index is 2.12. The fourth-order valence-corrected chi connectivity index (χ4v) is 2.67. The second-order valence-electron chi connectivity index (χ2n) is 5.56. The van der Waals surface area contributed by atoms with Gasteiger partial charge in [0, 0.05) is 11.6 Å². The van der Waals surface area contributed by atoms with Crippen molar-refractivity contribution in [3.63, 3.8) is 0 Å². The van der Waals surface area contributed by atoms with Crippen molar-refractivity contribution in [1.29, 1.82) is 0 Å². The summed E-state index contributed by atoms with van der Waals surface area (Å²) in [5.41, 5.74) is 8.42. The van der Waals surface area contributed by atoms with Crippen molar-refractivity contribution in [3.8, 4) is 5.75 Å². The van der Waals surface area contributed by atoms with Crippen LogP contribution in [0.2, 0.25) is 0 Å².